The predicted octanol–water partition coefficient (Wildman–Crippen LogP) is 4.70. The lowest BCUT2D eigenvalue weighted by Crippen LogP contribution is -2.19. The molecule has 0 aliphatic carbocycles. The maximum Gasteiger partial charge on any atom is 0.246 e. The maximum absolute atomic E-state index is 12.7. The summed E-state index contributed by atoms with van der Waals surface area (Å²) in [5, 5.41) is 12.2. The monoisotopic (exact) mass is 467 g/mol. The van der Waals surface area contributed by atoms with Crippen molar-refractivity contribution < 1.29 is 14.3 Å². The normalized spacial score (nSPS) is 10.7. The number of hydrogen-bond acceptors (Lipinski definition) is 7. The van der Waals surface area contributed by atoms with E-state index in [0.29, 0.717) is 32.9 Å². The van der Waals surface area contributed by atoms with Crippen LogP contribution in [-0.2, 0) is 11.3 Å². The summed E-state index contributed by atoms with van der Waals surface area (Å²) in [5.41, 5.74) is 3.47. The van der Waals surface area contributed by atoms with E-state index >= 15 is 0 Å². The molecule has 32 heavy (non-hydrogen) atoms. The second-order valence-corrected chi connectivity index (χ2v) is 8.20. The fraction of sp³-hybridized carbons (Fsp3) is 0.182. The Labute approximate surface area is 193 Å². The van der Waals surface area contributed by atoms with E-state index in [4.69, 9.17) is 21.7 Å². The number of thiazole rings is 1. The van der Waals surface area contributed by atoms with Gasteiger partial charge in [0.05, 0.1) is 19.9 Å². The Morgan fingerprint density at radius 1 is 1.19 bits per heavy atom. The average molecular weight is 468 g/mol. The van der Waals surface area contributed by atoms with Gasteiger partial charge in [-0.25, -0.2) is 4.98 Å². The van der Waals surface area contributed by atoms with Crippen molar-refractivity contribution >= 4 is 34.6 Å². The number of amides is 1. The minimum atomic E-state index is -0.255. The summed E-state index contributed by atoms with van der Waals surface area (Å²) < 4.78 is 12.8. The van der Waals surface area contributed by atoms with E-state index in [1.54, 1.807) is 18.8 Å². The van der Waals surface area contributed by atoms with Gasteiger partial charge in [-0.3, -0.25) is 14.5 Å². The molecule has 4 aromatic rings. The molecule has 0 aliphatic rings. The molecule has 0 radical (unpaired) electrons. The van der Waals surface area contributed by atoms with Crippen molar-refractivity contribution in [3.63, 3.8) is 0 Å². The number of methoxy groups -OCH3 is 2. The highest BCUT2D eigenvalue weighted by Gasteiger charge is 2.16. The first-order chi connectivity index (χ1) is 15.5. The molecule has 164 valence electrons. The van der Waals surface area contributed by atoms with Crippen molar-refractivity contribution in [1.29, 1.82) is 0 Å². The molecule has 10 heteroatoms. The second-order valence-electron chi connectivity index (χ2n) is 6.96. The summed E-state index contributed by atoms with van der Waals surface area (Å²) in [5.74, 6) is 1.71. The van der Waals surface area contributed by atoms with E-state index in [9.17, 15) is 4.79 Å². The van der Waals surface area contributed by atoms with Gasteiger partial charge < -0.3 is 14.8 Å². The number of rotatable bonds is 7. The lowest BCUT2D eigenvalue weighted by atomic mass is 10.1. The minimum absolute atomic E-state index is 0.00986. The molecule has 2 heterocycles. The number of nitrogens with zero attached hydrogens (tertiary/aromatic N) is 3. The Hall–Kier alpha value is -3.50. The molecule has 0 aliphatic heterocycles. The van der Waals surface area contributed by atoms with E-state index < -0.39 is 0 Å². The summed E-state index contributed by atoms with van der Waals surface area (Å²) in [6.07, 6.45) is 0. The molecule has 0 saturated heterocycles. The molecule has 0 unspecified atom stereocenters. The number of anilines is 1. The van der Waals surface area contributed by atoms with Gasteiger partial charge in [-0.15, -0.1) is 11.3 Å². The first kappa shape index (κ1) is 21.7. The third-order valence-corrected chi connectivity index (χ3v) is 5.87. The fourth-order valence-corrected chi connectivity index (χ4v) is 4.08. The number of aryl methyl sites for hydroxylation is 1. The zero-order valence-electron chi connectivity index (χ0n) is 17.7. The van der Waals surface area contributed by atoms with Crippen molar-refractivity contribution in [2.24, 2.45) is 0 Å². The molecule has 4 rings (SSSR count). The maximum atomic E-state index is 12.7. The topological polar surface area (TPSA) is 94.1 Å². The summed E-state index contributed by atoms with van der Waals surface area (Å²) in [4.78, 5) is 17.3. The Kier molecular flexibility index (Phi) is 6.33. The van der Waals surface area contributed by atoms with Gasteiger partial charge in [-0.05, 0) is 37.3 Å². The average Bonchev–Trinajstić information content (AvgIpc) is 3.41. The summed E-state index contributed by atoms with van der Waals surface area (Å²) >= 11 is 6.65. The highest BCUT2D eigenvalue weighted by Crippen LogP contribution is 2.35. The van der Waals surface area contributed by atoms with E-state index in [1.807, 2.05) is 54.8 Å². The van der Waals surface area contributed by atoms with Crippen LogP contribution in [0, 0.1) is 11.7 Å². The van der Waals surface area contributed by atoms with Crippen LogP contribution in [0.25, 0.3) is 22.6 Å². The Morgan fingerprint density at radius 3 is 2.69 bits per heavy atom. The number of nitrogens with one attached hydrogen (secondary N) is 2. The predicted molar refractivity (Wildman–Crippen MR) is 127 cm³/mol. The van der Waals surface area contributed by atoms with Gasteiger partial charge in [0.2, 0.25) is 5.91 Å². The van der Waals surface area contributed by atoms with Crippen molar-refractivity contribution in [2.75, 3.05) is 19.5 Å². The van der Waals surface area contributed by atoms with Gasteiger partial charge in [-0.1, -0.05) is 29.8 Å². The number of aromatic nitrogens is 4. The van der Waals surface area contributed by atoms with Crippen LogP contribution in [0.3, 0.4) is 0 Å². The number of hydrogen-bond donors (Lipinski definition) is 2. The standard InChI is InChI=1S/C22H21N5O3S2/c1-13-4-6-14(7-5-13)20-25-26-22(31)27(20)11-19(28)24-21-23-17(12-32-21)16-10-15(29-2)8-9-18(16)30-3/h4-10,12H,11H2,1-3H3,(H,26,31)(H,23,24,28). The van der Waals surface area contributed by atoms with Gasteiger partial charge in [0.25, 0.3) is 0 Å². The number of benzene rings is 2. The lowest BCUT2D eigenvalue weighted by molar-refractivity contribution is -0.116. The van der Waals surface area contributed by atoms with E-state index in [1.165, 1.54) is 11.3 Å². The highest BCUT2D eigenvalue weighted by molar-refractivity contribution is 7.71. The van der Waals surface area contributed by atoms with Gasteiger partial charge in [0, 0.05) is 16.5 Å². The van der Waals surface area contributed by atoms with E-state index in [-0.39, 0.29) is 12.5 Å². The third kappa shape index (κ3) is 4.56. The molecule has 2 aromatic carbocycles. The molecular weight excluding hydrogens is 446 g/mol. The Bertz CT molecular complexity index is 1310. The zero-order valence-corrected chi connectivity index (χ0v) is 19.3. The molecule has 0 atom stereocenters. The molecule has 0 bridgehead atoms. The largest absolute Gasteiger partial charge is 0.497 e. The van der Waals surface area contributed by atoms with Gasteiger partial charge in [0.15, 0.2) is 15.7 Å². The van der Waals surface area contributed by atoms with Gasteiger partial charge in [-0.2, -0.15) is 5.10 Å². The smallest absolute Gasteiger partial charge is 0.246 e. The molecule has 0 spiro atoms. The molecular formula is C22H21N5O3S2. The first-order valence-electron chi connectivity index (χ1n) is 9.68. The van der Waals surface area contributed by atoms with Crippen LogP contribution in [0.4, 0.5) is 5.13 Å². The van der Waals surface area contributed by atoms with Crippen LogP contribution >= 0.6 is 23.6 Å². The number of carbonyl (C=O) groups is 1. The summed E-state index contributed by atoms with van der Waals surface area (Å²) in [6, 6.07) is 13.4. The first-order valence-corrected chi connectivity index (χ1v) is 11.0. The van der Waals surface area contributed by atoms with Crippen LogP contribution in [0.1, 0.15) is 5.56 Å². The SMILES string of the molecule is COc1ccc(OC)c(-c2csc(NC(=O)Cn3c(-c4ccc(C)cc4)n[nH]c3=S)n2)c1. The number of H-pyrrole nitrogens is 1. The molecule has 0 fully saturated rings. The lowest BCUT2D eigenvalue weighted by Gasteiger charge is -2.08. The molecule has 1 amide bonds. The fourth-order valence-electron chi connectivity index (χ4n) is 3.16. The quantitative estimate of drug-likeness (QED) is 0.383. The van der Waals surface area contributed by atoms with Crippen LogP contribution in [0.15, 0.2) is 47.8 Å². The number of aromatic amines is 1. The summed E-state index contributed by atoms with van der Waals surface area (Å²) in [7, 11) is 3.20. The minimum Gasteiger partial charge on any atom is -0.497 e. The van der Waals surface area contributed by atoms with Crippen LogP contribution < -0.4 is 14.8 Å². The highest BCUT2D eigenvalue weighted by atomic mass is 32.1. The van der Waals surface area contributed by atoms with Crippen molar-refractivity contribution in [3.8, 4) is 34.1 Å². The zero-order chi connectivity index (χ0) is 22.7. The number of carbonyl (C=O) groups excluding carboxylic acids is 1. The summed E-state index contributed by atoms with van der Waals surface area (Å²) in [6.45, 7) is 2.02. The molecule has 0 saturated carbocycles. The Balaban J connectivity index is 1.53. The van der Waals surface area contributed by atoms with Crippen LogP contribution in [-0.4, -0.2) is 39.9 Å². The van der Waals surface area contributed by atoms with Crippen LogP contribution in [0.2, 0.25) is 0 Å². The Morgan fingerprint density at radius 2 is 1.97 bits per heavy atom. The van der Waals surface area contributed by atoms with E-state index in [2.05, 4.69) is 20.5 Å². The number of ether oxygens (including phenoxy) is 2. The van der Waals surface area contributed by atoms with Crippen molar-refractivity contribution in [3.05, 3.63) is 58.2 Å². The van der Waals surface area contributed by atoms with Crippen LogP contribution in [0.5, 0.6) is 11.5 Å². The van der Waals surface area contributed by atoms with Crippen molar-refractivity contribution in [2.45, 2.75) is 13.5 Å². The second kappa shape index (κ2) is 9.33. The van der Waals surface area contributed by atoms with Crippen molar-refractivity contribution in [1.82, 2.24) is 19.7 Å². The third-order valence-electron chi connectivity index (χ3n) is 4.80. The molecule has 8 nitrogen and oxygen atoms in total. The van der Waals surface area contributed by atoms with Gasteiger partial charge in [0.1, 0.15) is 18.0 Å². The van der Waals surface area contributed by atoms with Gasteiger partial charge >= 0.3 is 0 Å². The molecule has 2 N–H and O–H groups in total. The molecule has 2 aromatic heterocycles. The van der Waals surface area contributed by atoms with E-state index in [0.717, 1.165) is 16.7 Å².